The van der Waals surface area contributed by atoms with Gasteiger partial charge in [0.2, 0.25) is 5.91 Å². The third-order valence-corrected chi connectivity index (χ3v) is 4.80. The molecule has 2 heterocycles. The van der Waals surface area contributed by atoms with E-state index in [2.05, 4.69) is 25.7 Å². The molecule has 0 radical (unpaired) electrons. The van der Waals surface area contributed by atoms with Crippen LogP contribution in [0.2, 0.25) is 0 Å². The van der Waals surface area contributed by atoms with Crippen LogP contribution in [0.1, 0.15) is 85.0 Å². The van der Waals surface area contributed by atoms with Gasteiger partial charge in [0.15, 0.2) is 0 Å². The summed E-state index contributed by atoms with van der Waals surface area (Å²) in [5.41, 5.74) is 0. The highest BCUT2D eigenvalue weighted by Crippen LogP contribution is 2.39. The van der Waals surface area contributed by atoms with Gasteiger partial charge >= 0.3 is 0 Å². The molecule has 2 rings (SSSR count). The molecule has 124 valence electrons. The Morgan fingerprint density at radius 1 is 0.810 bits per heavy atom. The number of nitrogens with zero attached hydrogens (tertiary/aromatic N) is 1. The molecule has 0 N–H and O–H groups in total. The second-order valence-electron chi connectivity index (χ2n) is 7.05. The van der Waals surface area contributed by atoms with Crippen molar-refractivity contribution in [3.05, 3.63) is 0 Å². The van der Waals surface area contributed by atoms with E-state index in [1.807, 2.05) is 0 Å². The van der Waals surface area contributed by atoms with E-state index in [1.54, 1.807) is 0 Å². The smallest absolute Gasteiger partial charge is 0.230 e. The molecule has 3 nitrogen and oxygen atoms in total. The number of hydrogen-bond acceptors (Lipinski definition) is 3. The molecule has 0 aromatic heterocycles. The number of ether oxygens (including phenoxy) is 2. The van der Waals surface area contributed by atoms with Gasteiger partial charge in [-0.1, -0.05) is 58.3 Å². The highest BCUT2D eigenvalue weighted by molar-refractivity contribution is 4.89. The molecule has 0 aromatic rings. The van der Waals surface area contributed by atoms with Crippen molar-refractivity contribution < 1.29 is 9.47 Å². The summed E-state index contributed by atoms with van der Waals surface area (Å²) in [6.07, 6.45) is 14.0. The third-order valence-electron chi connectivity index (χ3n) is 4.80. The van der Waals surface area contributed by atoms with Gasteiger partial charge in [0.05, 0.1) is 12.2 Å². The Kier molecular flexibility index (Phi) is 6.97. The highest BCUT2D eigenvalue weighted by atomic mass is 16.7. The van der Waals surface area contributed by atoms with Crippen LogP contribution in [0.4, 0.5) is 0 Å². The minimum Gasteiger partial charge on any atom is -0.333 e. The average molecular weight is 297 g/mol. The number of rotatable bonds is 10. The molecule has 2 fully saturated rings. The summed E-state index contributed by atoms with van der Waals surface area (Å²) in [5.74, 6) is -0.375. The van der Waals surface area contributed by atoms with Gasteiger partial charge in [-0.05, 0) is 20.3 Å². The molecule has 0 spiro atoms. The van der Waals surface area contributed by atoms with Crippen LogP contribution in [0.15, 0.2) is 0 Å². The van der Waals surface area contributed by atoms with Crippen LogP contribution in [-0.2, 0) is 9.47 Å². The van der Waals surface area contributed by atoms with Crippen molar-refractivity contribution >= 4 is 0 Å². The first-order valence-corrected chi connectivity index (χ1v) is 9.27. The maximum Gasteiger partial charge on any atom is 0.230 e. The highest BCUT2D eigenvalue weighted by Gasteiger charge is 2.51. The summed E-state index contributed by atoms with van der Waals surface area (Å²) in [4.78, 5) is 2.41. The SMILES string of the molecule is CCCCCCCCCCCC12O[C@H](C)CN1C[C@H](C)O2. The molecule has 2 aliphatic heterocycles. The number of hydrogen-bond donors (Lipinski definition) is 0. The minimum absolute atomic E-state index is 0.316. The van der Waals surface area contributed by atoms with Crippen LogP contribution >= 0.6 is 0 Å². The molecule has 2 aliphatic rings. The van der Waals surface area contributed by atoms with E-state index in [4.69, 9.17) is 9.47 Å². The average Bonchev–Trinajstić information content (AvgIpc) is 2.87. The molecule has 1 unspecified atom stereocenters. The van der Waals surface area contributed by atoms with Gasteiger partial charge in [-0.3, -0.25) is 0 Å². The Morgan fingerprint density at radius 2 is 1.29 bits per heavy atom. The maximum absolute atomic E-state index is 6.12. The van der Waals surface area contributed by atoms with Gasteiger partial charge in [0.1, 0.15) is 0 Å². The first-order valence-electron chi connectivity index (χ1n) is 9.27. The quantitative estimate of drug-likeness (QED) is 0.546. The monoisotopic (exact) mass is 297 g/mol. The summed E-state index contributed by atoms with van der Waals surface area (Å²) in [6, 6.07) is 0. The first kappa shape index (κ1) is 17.2. The largest absolute Gasteiger partial charge is 0.333 e. The van der Waals surface area contributed by atoms with E-state index in [0.29, 0.717) is 12.2 Å². The molecule has 3 heteroatoms. The van der Waals surface area contributed by atoms with Crippen LogP contribution in [0.3, 0.4) is 0 Å². The Bertz CT molecular complexity index is 281. The predicted molar refractivity (Wildman–Crippen MR) is 87.2 cm³/mol. The molecule has 0 bridgehead atoms. The fraction of sp³-hybridized carbons (Fsp3) is 1.00. The summed E-state index contributed by atoms with van der Waals surface area (Å²) >= 11 is 0. The summed E-state index contributed by atoms with van der Waals surface area (Å²) in [5, 5.41) is 0. The first-order chi connectivity index (χ1) is 10.2. The zero-order chi connectivity index (χ0) is 15.1. The van der Waals surface area contributed by atoms with E-state index < -0.39 is 0 Å². The van der Waals surface area contributed by atoms with Crippen molar-refractivity contribution in [3.8, 4) is 0 Å². The van der Waals surface area contributed by atoms with E-state index in [1.165, 1.54) is 57.8 Å². The van der Waals surface area contributed by atoms with Crippen molar-refractivity contribution in [2.24, 2.45) is 0 Å². The second kappa shape index (κ2) is 8.50. The van der Waals surface area contributed by atoms with Crippen molar-refractivity contribution in [3.63, 3.8) is 0 Å². The summed E-state index contributed by atoms with van der Waals surface area (Å²) in [6.45, 7) is 8.65. The predicted octanol–water partition coefficient (Wildman–Crippen LogP) is 4.70. The molecule has 2 saturated heterocycles. The molecule has 21 heavy (non-hydrogen) atoms. The van der Waals surface area contributed by atoms with Crippen LogP contribution in [0, 0.1) is 0 Å². The second-order valence-corrected chi connectivity index (χ2v) is 7.05. The lowest BCUT2D eigenvalue weighted by Gasteiger charge is -2.29. The van der Waals surface area contributed by atoms with Crippen LogP contribution in [0.25, 0.3) is 0 Å². The minimum atomic E-state index is -0.375. The third kappa shape index (κ3) is 4.94. The molecular formula is C18H35NO2. The lowest BCUT2D eigenvalue weighted by Crippen LogP contribution is -2.40. The standard InChI is InChI=1S/C18H35NO2/c1-4-5-6-7-8-9-10-11-12-13-18-19(14-16(2)20-18)15-17(3)21-18/h16-17H,4-15H2,1-3H3/t16-,17+,18?. The van der Waals surface area contributed by atoms with Gasteiger partial charge < -0.3 is 9.47 Å². The van der Waals surface area contributed by atoms with Crippen LogP contribution in [0.5, 0.6) is 0 Å². The van der Waals surface area contributed by atoms with Crippen molar-refractivity contribution in [1.29, 1.82) is 0 Å². The molecule has 0 amide bonds. The summed E-state index contributed by atoms with van der Waals surface area (Å²) < 4.78 is 12.2. The van der Waals surface area contributed by atoms with E-state index in [9.17, 15) is 0 Å². The topological polar surface area (TPSA) is 21.7 Å². The molecule has 0 aromatic carbocycles. The van der Waals surface area contributed by atoms with Gasteiger partial charge in [-0.15, -0.1) is 0 Å². The molecule has 3 atom stereocenters. The fourth-order valence-corrected chi connectivity index (χ4v) is 3.79. The molecular weight excluding hydrogens is 262 g/mol. The van der Waals surface area contributed by atoms with E-state index >= 15 is 0 Å². The zero-order valence-corrected chi connectivity index (χ0v) is 14.4. The van der Waals surface area contributed by atoms with Crippen molar-refractivity contribution in [1.82, 2.24) is 4.90 Å². The lowest BCUT2D eigenvalue weighted by molar-refractivity contribution is -0.257. The van der Waals surface area contributed by atoms with Crippen molar-refractivity contribution in [2.45, 2.75) is 103 Å². The molecule has 0 aliphatic carbocycles. The maximum atomic E-state index is 6.12. The number of fused-ring (bicyclic) bond motifs is 1. The Hall–Kier alpha value is -0.120. The Balaban J connectivity index is 1.56. The van der Waals surface area contributed by atoms with Gasteiger partial charge in [-0.2, -0.15) is 0 Å². The van der Waals surface area contributed by atoms with Crippen LogP contribution < -0.4 is 0 Å². The van der Waals surface area contributed by atoms with Gasteiger partial charge in [-0.25, -0.2) is 4.90 Å². The number of unbranched alkanes of at least 4 members (excludes halogenated alkanes) is 8. The van der Waals surface area contributed by atoms with Crippen molar-refractivity contribution in [2.75, 3.05) is 13.1 Å². The normalized spacial score (nSPS) is 32.7. The zero-order valence-electron chi connectivity index (χ0n) is 14.4. The van der Waals surface area contributed by atoms with Crippen LogP contribution in [-0.4, -0.2) is 36.1 Å². The van der Waals surface area contributed by atoms with E-state index in [-0.39, 0.29) is 5.91 Å². The lowest BCUT2D eigenvalue weighted by atomic mass is 10.1. The Labute approximate surface area is 131 Å². The summed E-state index contributed by atoms with van der Waals surface area (Å²) in [7, 11) is 0. The van der Waals surface area contributed by atoms with Gasteiger partial charge in [0, 0.05) is 19.5 Å². The fourth-order valence-electron chi connectivity index (χ4n) is 3.79. The van der Waals surface area contributed by atoms with Gasteiger partial charge in [0.25, 0.3) is 0 Å². The molecule has 0 saturated carbocycles. The van der Waals surface area contributed by atoms with E-state index in [0.717, 1.165) is 19.5 Å². The Morgan fingerprint density at radius 3 is 1.81 bits per heavy atom.